The Labute approximate surface area is 160 Å². The van der Waals surface area contributed by atoms with E-state index in [-0.39, 0.29) is 6.61 Å². The first-order valence-corrected chi connectivity index (χ1v) is 9.40. The van der Waals surface area contributed by atoms with Crippen molar-refractivity contribution in [3.8, 4) is 5.75 Å². The second kappa shape index (κ2) is 10.7. The smallest absolute Gasteiger partial charge is 0.344 e. The van der Waals surface area contributed by atoms with Gasteiger partial charge >= 0.3 is 11.9 Å². The third-order valence-electron chi connectivity index (χ3n) is 2.48. The fraction of sp³-hybridized carbons (Fsp3) is 0.529. The van der Waals surface area contributed by atoms with E-state index < -0.39 is 17.5 Å². The number of methoxy groups -OCH3 is 1. The van der Waals surface area contributed by atoms with E-state index in [0.717, 1.165) is 0 Å². The summed E-state index contributed by atoms with van der Waals surface area (Å²) in [6.45, 7) is 9.10. The molecule has 136 valence electrons. The summed E-state index contributed by atoms with van der Waals surface area (Å²) in [4.78, 5) is 23.5. The molecule has 1 aromatic rings. The van der Waals surface area contributed by atoms with Crippen LogP contribution in [0.4, 0.5) is 0 Å². The molecule has 0 heterocycles. The number of rotatable bonds is 5. The van der Waals surface area contributed by atoms with Gasteiger partial charge in [-0.05, 0) is 32.9 Å². The van der Waals surface area contributed by atoms with Crippen LogP contribution in [0.5, 0.6) is 5.75 Å². The van der Waals surface area contributed by atoms with Gasteiger partial charge in [0.1, 0.15) is 11.4 Å². The Balaban J connectivity index is 0.00000254. The molecule has 0 aromatic heterocycles. The van der Waals surface area contributed by atoms with Gasteiger partial charge in [0.05, 0.1) is 12.7 Å². The van der Waals surface area contributed by atoms with Crippen molar-refractivity contribution in [2.24, 2.45) is 0 Å². The van der Waals surface area contributed by atoms with Crippen LogP contribution < -0.4 is 4.74 Å². The first kappa shape index (κ1) is 22.9. The third-order valence-corrected chi connectivity index (χ3v) is 3.50. The Kier molecular flexibility index (Phi) is 10.2. The summed E-state index contributed by atoms with van der Waals surface area (Å²) in [5, 5.41) is 0.383. The number of hydrogen-bond donors (Lipinski definition) is 0. The van der Waals surface area contributed by atoms with Gasteiger partial charge in [0, 0.05) is 15.4 Å². The minimum atomic E-state index is -0.576. The molecule has 5 nitrogen and oxygen atoms in total. The van der Waals surface area contributed by atoms with Crippen molar-refractivity contribution in [2.75, 3.05) is 13.7 Å². The van der Waals surface area contributed by atoms with Crippen molar-refractivity contribution in [2.45, 2.75) is 45.5 Å². The van der Waals surface area contributed by atoms with Crippen LogP contribution in [-0.4, -0.2) is 31.3 Å². The van der Waals surface area contributed by atoms with Gasteiger partial charge in [-0.2, -0.15) is 0 Å². The maximum atomic E-state index is 11.8. The average Bonchev–Trinajstić information content (AvgIpc) is 2.51. The highest BCUT2D eigenvalue weighted by Gasteiger charge is 2.20. The Morgan fingerprint density at radius 1 is 1.17 bits per heavy atom. The van der Waals surface area contributed by atoms with Crippen molar-refractivity contribution in [3.63, 3.8) is 0 Å². The van der Waals surface area contributed by atoms with Gasteiger partial charge in [-0.25, -0.2) is 9.59 Å². The molecule has 0 saturated heterocycles. The minimum absolute atomic E-state index is 0.242. The summed E-state index contributed by atoms with van der Waals surface area (Å²) in [5.74, 6) is -0.539. The summed E-state index contributed by atoms with van der Waals surface area (Å²) < 4.78 is 16.1. The standard InChI is InChI=1S/C15H18Br2O5.C2H6/c1-15(2,3)22-13(18)8-21-12-6-9(17)5-10(11(12)7-16)14(19)20-4;1-2/h5-6H,7-8H2,1-4H3;1-2H3. The molecule has 0 spiro atoms. The molecule has 0 unspecified atom stereocenters. The van der Waals surface area contributed by atoms with Crippen molar-refractivity contribution >= 4 is 43.8 Å². The number of benzene rings is 1. The van der Waals surface area contributed by atoms with Crippen LogP contribution >= 0.6 is 31.9 Å². The lowest BCUT2D eigenvalue weighted by atomic mass is 10.1. The lowest BCUT2D eigenvalue weighted by molar-refractivity contribution is -0.157. The summed E-state index contributed by atoms with van der Waals surface area (Å²) in [5.41, 5.74) is 0.402. The Morgan fingerprint density at radius 2 is 1.75 bits per heavy atom. The summed E-state index contributed by atoms with van der Waals surface area (Å²) >= 11 is 6.63. The molecule has 0 amide bonds. The fourth-order valence-corrected chi connectivity index (χ4v) is 2.69. The number of ether oxygens (including phenoxy) is 3. The van der Waals surface area contributed by atoms with Gasteiger partial charge < -0.3 is 14.2 Å². The van der Waals surface area contributed by atoms with E-state index in [1.165, 1.54) is 7.11 Å². The van der Waals surface area contributed by atoms with Gasteiger partial charge in [-0.1, -0.05) is 45.7 Å². The zero-order chi connectivity index (χ0) is 18.9. The third kappa shape index (κ3) is 7.66. The van der Waals surface area contributed by atoms with Crippen LogP contribution in [0.15, 0.2) is 16.6 Å². The fourth-order valence-electron chi connectivity index (χ4n) is 1.68. The Morgan fingerprint density at radius 3 is 2.21 bits per heavy atom. The predicted molar refractivity (Wildman–Crippen MR) is 101 cm³/mol. The quantitative estimate of drug-likeness (QED) is 0.456. The average molecular weight is 468 g/mol. The van der Waals surface area contributed by atoms with E-state index in [0.29, 0.717) is 26.7 Å². The van der Waals surface area contributed by atoms with E-state index in [9.17, 15) is 9.59 Å². The molecule has 0 bridgehead atoms. The van der Waals surface area contributed by atoms with Gasteiger partial charge in [0.15, 0.2) is 6.61 Å². The molecule has 0 aliphatic heterocycles. The second-order valence-corrected chi connectivity index (χ2v) is 6.91. The highest BCUT2D eigenvalue weighted by Crippen LogP contribution is 2.30. The highest BCUT2D eigenvalue weighted by atomic mass is 79.9. The van der Waals surface area contributed by atoms with Crippen LogP contribution in [0.2, 0.25) is 0 Å². The molecule has 1 aromatic carbocycles. The molecular formula is C17H24Br2O5. The number of esters is 2. The van der Waals surface area contributed by atoms with E-state index in [1.807, 2.05) is 13.8 Å². The topological polar surface area (TPSA) is 61.8 Å². The lowest BCUT2D eigenvalue weighted by Crippen LogP contribution is -2.27. The van der Waals surface area contributed by atoms with Gasteiger partial charge in [0.25, 0.3) is 0 Å². The molecule has 24 heavy (non-hydrogen) atoms. The number of hydrogen-bond acceptors (Lipinski definition) is 5. The van der Waals surface area contributed by atoms with Crippen molar-refractivity contribution in [1.82, 2.24) is 0 Å². The molecular weight excluding hydrogens is 444 g/mol. The normalized spacial score (nSPS) is 10.3. The molecule has 7 heteroatoms. The molecule has 0 fully saturated rings. The zero-order valence-electron chi connectivity index (χ0n) is 14.9. The molecule has 0 atom stereocenters. The van der Waals surface area contributed by atoms with E-state index in [1.54, 1.807) is 32.9 Å². The van der Waals surface area contributed by atoms with Crippen molar-refractivity contribution < 1.29 is 23.8 Å². The molecule has 0 N–H and O–H groups in total. The molecule has 0 aliphatic rings. The summed E-state index contributed by atoms with van der Waals surface area (Å²) in [7, 11) is 1.31. The number of alkyl halides is 1. The lowest BCUT2D eigenvalue weighted by Gasteiger charge is -2.20. The first-order valence-electron chi connectivity index (χ1n) is 7.49. The number of carbonyl (C=O) groups excluding carboxylic acids is 2. The summed E-state index contributed by atoms with van der Waals surface area (Å²) in [6, 6.07) is 3.33. The van der Waals surface area contributed by atoms with Crippen LogP contribution in [0, 0.1) is 0 Å². The van der Waals surface area contributed by atoms with Crippen molar-refractivity contribution in [1.29, 1.82) is 0 Å². The van der Waals surface area contributed by atoms with E-state index >= 15 is 0 Å². The number of halogens is 2. The second-order valence-electron chi connectivity index (χ2n) is 5.43. The molecule has 1 rings (SSSR count). The van der Waals surface area contributed by atoms with Crippen molar-refractivity contribution in [3.05, 3.63) is 27.7 Å². The van der Waals surface area contributed by atoms with Crippen LogP contribution in [0.25, 0.3) is 0 Å². The van der Waals surface area contributed by atoms with Gasteiger partial charge in [-0.3, -0.25) is 0 Å². The zero-order valence-corrected chi connectivity index (χ0v) is 18.0. The molecule has 0 radical (unpaired) electrons. The highest BCUT2D eigenvalue weighted by molar-refractivity contribution is 9.10. The van der Waals surface area contributed by atoms with E-state index in [2.05, 4.69) is 31.9 Å². The van der Waals surface area contributed by atoms with Crippen LogP contribution in [0.1, 0.15) is 50.5 Å². The summed E-state index contributed by atoms with van der Waals surface area (Å²) in [6.07, 6.45) is 0. The largest absolute Gasteiger partial charge is 0.482 e. The SMILES string of the molecule is CC.COC(=O)c1cc(Br)cc(OCC(=O)OC(C)(C)C)c1CBr. The maximum Gasteiger partial charge on any atom is 0.344 e. The van der Waals surface area contributed by atoms with Gasteiger partial charge in [0.2, 0.25) is 0 Å². The van der Waals surface area contributed by atoms with Gasteiger partial charge in [-0.15, -0.1) is 0 Å². The molecule has 0 aliphatic carbocycles. The monoisotopic (exact) mass is 466 g/mol. The maximum absolute atomic E-state index is 11.8. The van der Waals surface area contributed by atoms with E-state index in [4.69, 9.17) is 14.2 Å². The Hall–Kier alpha value is -1.08. The van der Waals surface area contributed by atoms with Crippen LogP contribution in [-0.2, 0) is 19.6 Å². The molecule has 0 saturated carbocycles. The minimum Gasteiger partial charge on any atom is -0.482 e. The predicted octanol–water partition coefficient (Wildman–Crippen LogP) is 4.88. The Bertz CT molecular complexity index is 565. The van der Waals surface area contributed by atoms with Crippen LogP contribution in [0.3, 0.4) is 0 Å². The first-order chi connectivity index (χ1) is 11.2. The number of carbonyl (C=O) groups is 2.